The molecule has 0 aromatic rings. The number of carboxylic acids is 1. The fourth-order valence-corrected chi connectivity index (χ4v) is 17.1. The number of carboxylic acid groups (broad SMARTS) is 1. The Kier molecular flexibility index (Phi) is 19.5. The van der Waals surface area contributed by atoms with Crippen molar-refractivity contribution >= 4 is 17.9 Å². The minimum Gasteiger partial charge on any atom is -0.479 e. The molecule has 4 saturated heterocycles. The minimum absolute atomic E-state index is 0.118. The predicted octanol–water partition coefficient (Wildman–Crippen LogP) is -2.22. The molecule has 9 rings (SSSR count). The van der Waals surface area contributed by atoms with Crippen LogP contribution in [0.15, 0.2) is 23.3 Å². The normalized spacial score (nSPS) is 51.2. The number of rotatable bonds is 15. The van der Waals surface area contributed by atoms with Gasteiger partial charge in [-0.3, -0.25) is 4.79 Å². The molecule has 4 aliphatic heterocycles. The molecule has 0 radical (unpaired) electrons. The Morgan fingerprint density at radius 3 is 1.88 bits per heavy atom. The van der Waals surface area contributed by atoms with Crippen LogP contribution in [0.5, 0.6) is 0 Å². The third kappa shape index (κ3) is 11.0. The van der Waals surface area contributed by atoms with Gasteiger partial charge in [-0.15, -0.1) is 0 Å². The smallest absolute Gasteiger partial charge is 0.335 e. The van der Waals surface area contributed by atoms with Crippen LogP contribution in [0.3, 0.4) is 0 Å². The maximum absolute atomic E-state index is 13.5. The standard InChI is InChI=1S/C59H92O27/c1-10-24(2)49(76)86-46-47(79-25(3)63)59(23-62)27(17-54(46,4)5)26-11-12-32-55(6)15-14-34(56(7,22-61)31(55)13-16-57(32,8)58(26,9)18-33(59)66)81-53-45(85-51-40(72)38(70)37(69)30(19-60)80-51)42(41(73)43(83-53)48(74)75)82-52-44(36(68)29(65)21-78-52)84-50-39(71)35(67)28(64)20-77-50/h10-11,27-47,50-53,60-62,64-73H,12-23H2,1-9H3,(H,74,75)/b24-10-/t27-,28+,29-,30+,31+,32+,33+,34-,35-,36-,37-,38-,39+,40+,41-,42-,43-,44+,45+,46-,47-,50-,51-,52-,53+,55-,56-,57+,58+,59-/m0/s1. The number of allylic oxidation sites excluding steroid dienone is 3. The van der Waals surface area contributed by atoms with Gasteiger partial charge in [0.2, 0.25) is 0 Å². The third-order valence-electron chi connectivity index (χ3n) is 22.4. The molecule has 0 bridgehead atoms. The number of carbonyl (C=O) groups is 3. The second-order valence-corrected chi connectivity index (χ2v) is 27.4. The van der Waals surface area contributed by atoms with Gasteiger partial charge >= 0.3 is 17.9 Å². The van der Waals surface area contributed by atoms with E-state index < -0.39 is 224 Å². The highest BCUT2D eigenvalue weighted by atomic mass is 16.8. The van der Waals surface area contributed by atoms with E-state index in [0.29, 0.717) is 37.7 Å². The number of ether oxygens (including phenoxy) is 10. The zero-order valence-electron chi connectivity index (χ0n) is 50.1. The van der Waals surface area contributed by atoms with E-state index >= 15 is 0 Å². The van der Waals surface area contributed by atoms with Crippen LogP contribution in [0.1, 0.15) is 107 Å². The Balaban J connectivity index is 1.05. The highest BCUT2D eigenvalue weighted by Gasteiger charge is 2.74. The van der Waals surface area contributed by atoms with Gasteiger partial charge in [-0.1, -0.05) is 59.3 Å². The van der Waals surface area contributed by atoms with Crippen molar-refractivity contribution in [1.82, 2.24) is 0 Å². The molecule has 27 nitrogen and oxygen atoms in total. The molecular weight excluding hydrogens is 1140 g/mol. The number of hydrogen-bond acceptors (Lipinski definition) is 26. The maximum atomic E-state index is 13.5. The maximum Gasteiger partial charge on any atom is 0.335 e. The van der Waals surface area contributed by atoms with Crippen LogP contribution in [0, 0.1) is 50.2 Å². The first-order chi connectivity index (χ1) is 40.3. The van der Waals surface area contributed by atoms with Crippen LogP contribution < -0.4 is 0 Å². The molecule has 27 heteroatoms. The van der Waals surface area contributed by atoms with E-state index in [4.69, 9.17) is 47.4 Å². The van der Waals surface area contributed by atoms with Crippen LogP contribution in [0.25, 0.3) is 0 Å². The van der Waals surface area contributed by atoms with E-state index in [1.165, 1.54) is 6.92 Å². The molecular formula is C59H92O27. The van der Waals surface area contributed by atoms with E-state index in [9.17, 15) is 85.9 Å². The molecule has 0 amide bonds. The summed E-state index contributed by atoms with van der Waals surface area (Å²) in [5, 5.41) is 156. The lowest BCUT2D eigenvalue weighted by Gasteiger charge is -2.72. The monoisotopic (exact) mass is 1230 g/mol. The Labute approximate surface area is 498 Å². The van der Waals surface area contributed by atoms with Gasteiger partial charge in [0.25, 0.3) is 0 Å². The summed E-state index contributed by atoms with van der Waals surface area (Å²) in [6.45, 7) is 13.6. The fourth-order valence-electron chi connectivity index (χ4n) is 17.1. The van der Waals surface area contributed by atoms with E-state index in [2.05, 4.69) is 26.8 Å². The second kappa shape index (κ2) is 24.9. The van der Waals surface area contributed by atoms with Crippen LogP contribution in [0.2, 0.25) is 0 Å². The summed E-state index contributed by atoms with van der Waals surface area (Å²) in [6, 6.07) is 0. The molecule has 86 heavy (non-hydrogen) atoms. The quantitative estimate of drug-likeness (QED) is 0.0357. The lowest BCUT2D eigenvalue weighted by atomic mass is 9.33. The molecule has 0 aromatic carbocycles. The molecule has 30 atom stereocenters. The van der Waals surface area contributed by atoms with Crippen molar-refractivity contribution in [2.24, 2.45) is 50.2 Å². The average Bonchev–Trinajstić information content (AvgIpc) is 0.672. The summed E-state index contributed by atoms with van der Waals surface area (Å²) < 4.78 is 60.7. The molecule has 4 heterocycles. The molecule has 14 N–H and O–H groups in total. The third-order valence-corrected chi connectivity index (χ3v) is 22.4. The van der Waals surface area contributed by atoms with Crippen molar-refractivity contribution in [3.05, 3.63) is 23.3 Å². The summed E-state index contributed by atoms with van der Waals surface area (Å²) in [6.07, 6.45) is -32.4. The zero-order valence-corrected chi connectivity index (χ0v) is 50.1. The van der Waals surface area contributed by atoms with Gasteiger partial charge in [0, 0.05) is 23.3 Å². The van der Waals surface area contributed by atoms with E-state index in [-0.39, 0.29) is 24.7 Å². The average molecular weight is 1230 g/mol. The first kappa shape index (κ1) is 67.4. The van der Waals surface area contributed by atoms with Crippen molar-refractivity contribution in [2.75, 3.05) is 33.0 Å². The van der Waals surface area contributed by atoms with Gasteiger partial charge in [0.05, 0.1) is 50.7 Å². The van der Waals surface area contributed by atoms with Gasteiger partial charge in [-0.2, -0.15) is 0 Å². The number of aliphatic carboxylic acids is 1. The first-order valence-corrected chi connectivity index (χ1v) is 30.0. The molecule has 4 saturated carbocycles. The van der Waals surface area contributed by atoms with Gasteiger partial charge in [0.15, 0.2) is 31.3 Å². The van der Waals surface area contributed by atoms with Gasteiger partial charge < -0.3 is 119 Å². The Morgan fingerprint density at radius 2 is 1.27 bits per heavy atom. The SMILES string of the molecule is C/C=C(/C)C(=O)O[C@H]1[C@H](OC(C)=O)[C@]2(CO)[C@H](O)C[C@]3(C)C(=CC[C@@H]4[C@@]5(C)CC[C@H](O[C@@H]6O[C@H](C(=O)O)[C@@H](O)[C@H](O[C@@H]7OC[C@H](O)[C@H](O)[C@H]7O[C@@H]7OC[C@@H](O)[C@H](O)[C@H]7O)[C@H]6O[C@@H]6O[C@H](CO)[C@H](O)[C@H](O)[C@H]6O)[C@@](C)(CO)[C@@H]5CC[C@]43C)[C@@H]2CC1(C)C. The topological polar surface area (TPSA) is 427 Å². The van der Waals surface area contributed by atoms with Crippen LogP contribution in [-0.4, -0.2) is 257 Å². The Bertz CT molecular complexity index is 2510. The summed E-state index contributed by atoms with van der Waals surface area (Å²) in [5.74, 6) is -4.02. The molecule has 490 valence electrons. The van der Waals surface area contributed by atoms with Crippen molar-refractivity contribution in [3.63, 3.8) is 0 Å². The number of esters is 2. The summed E-state index contributed by atoms with van der Waals surface area (Å²) >= 11 is 0. The van der Waals surface area contributed by atoms with E-state index in [1.54, 1.807) is 19.9 Å². The Hall–Kier alpha value is -2.95. The number of aliphatic hydroxyl groups excluding tert-OH is 13. The molecule has 0 unspecified atom stereocenters. The fraction of sp³-hybridized carbons (Fsp3) is 0.881. The molecule has 9 aliphatic rings. The van der Waals surface area contributed by atoms with Crippen molar-refractivity contribution in [2.45, 2.75) is 242 Å². The number of fused-ring (bicyclic) bond motifs is 7. The van der Waals surface area contributed by atoms with Gasteiger partial charge in [-0.25, -0.2) is 9.59 Å². The summed E-state index contributed by atoms with van der Waals surface area (Å²) in [7, 11) is 0. The zero-order chi connectivity index (χ0) is 63.3. The van der Waals surface area contributed by atoms with E-state index in [0.717, 1.165) is 5.57 Å². The molecule has 5 aliphatic carbocycles. The summed E-state index contributed by atoms with van der Waals surface area (Å²) in [4.78, 5) is 39.7. The minimum atomic E-state index is -2.26. The highest BCUT2D eigenvalue weighted by molar-refractivity contribution is 5.87. The second-order valence-electron chi connectivity index (χ2n) is 27.4. The van der Waals surface area contributed by atoms with Crippen LogP contribution in [0.4, 0.5) is 0 Å². The van der Waals surface area contributed by atoms with E-state index in [1.807, 2.05) is 20.8 Å². The largest absolute Gasteiger partial charge is 0.479 e. The van der Waals surface area contributed by atoms with Crippen molar-refractivity contribution in [3.8, 4) is 0 Å². The predicted molar refractivity (Wildman–Crippen MR) is 290 cm³/mol. The Morgan fingerprint density at radius 1 is 0.640 bits per heavy atom. The number of hydrogen-bond donors (Lipinski definition) is 14. The van der Waals surface area contributed by atoms with Crippen LogP contribution >= 0.6 is 0 Å². The van der Waals surface area contributed by atoms with Gasteiger partial charge in [0.1, 0.15) is 91.6 Å². The molecule has 0 spiro atoms. The number of aliphatic hydroxyl groups is 13. The van der Waals surface area contributed by atoms with Crippen molar-refractivity contribution < 1.29 is 133 Å². The lowest BCUT2D eigenvalue weighted by molar-refractivity contribution is -0.400. The molecule has 0 aromatic heterocycles. The lowest BCUT2D eigenvalue weighted by Crippen LogP contribution is -2.72. The molecule has 8 fully saturated rings. The van der Waals surface area contributed by atoms with Crippen LogP contribution in [-0.2, 0) is 61.8 Å². The number of carbonyl (C=O) groups excluding carboxylic acids is 2. The van der Waals surface area contributed by atoms with Gasteiger partial charge in [-0.05, 0) is 92.8 Å². The summed E-state index contributed by atoms with van der Waals surface area (Å²) in [5.41, 5.74) is -4.00. The highest BCUT2D eigenvalue weighted by Crippen LogP contribution is 2.76. The first-order valence-electron chi connectivity index (χ1n) is 30.0. The van der Waals surface area contributed by atoms with Crippen molar-refractivity contribution in [1.29, 1.82) is 0 Å².